The fourth-order valence-electron chi connectivity index (χ4n) is 1.73. The molecule has 1 aliphatic heterocycles. The van der Waals surface area contributed by atoms with Gasteiger partial charge in [0.2, 0.25) is 0 Å². The molecule has 86 valence electrons. The normalized spacial score (nSPS) is 24.6. The minimum atomic E-state index is -0.838. The molecule has 1 aliphatic rings. The van der Waals surface area contributed by atoms with E-state index >= 15 is 0 Å². The van der Waals surface area contributed by atoms with Crippen molar-refractivity contribution in [2.75, 3.05) is 5.75 Å². The van der Waals surface area contributed by atoms with Crippen molar-refractivity contribution in [3.63, 3.8) is 0 Å². The monoisotopic (exact) mass is 241 g/mol. The summed E-state index contributed by atoms with van der Waals surface area (Å²) < 4.78 is 12.9. The van der Waals surface area contributed by atoms with Gasteiger partial charge in [-0.05, 0) is 30.2 Å². The molecular formula is C11H12FNO2S. The van der Waals surface area contributed by atoms with E-state index in [1.54, 1.807) is 6.07 Å². The Morgan fingerprint density at radius 1 is 1.62 bits per heavy atom. The first-order valence-electron chi connectivity index (χ1n) is 4.94. The van der Waals surface area contributed by atoms with Crippen LogP contribution in [0.1, 0.15) is 16.5 Å². The molecule has 0 aromatic heterocycles. The lowest BCUT2D eigenvalue weighted by Gasteiger charge is -2.13. The minimum absolute atomic E-state index is 0.0540. The van der Waals surface area contributed by atoms with E-state index in [9.17, 15) is 9.18 Å². The van der Waals surface area contributed by atoms with E-state index in [1.165, 1.54) is 23.9 Å². The van der Waals surface area contributed by atoms with Crippen LogP contribution in [0.15, 0.2) is 18.2 Å². The highest BCUT2D eigenvalue weighted by Gasteiger charge is 2.30. The number of carboxylic acids is 1. The molecule has 1 aromatic carbocycles. The number of hydrogen-bond donors (Lipinski definition) is 2. The zero-order chi connectivity index (χ0) is 11.7. The molecule has 0 saturated carbocycles. The molecule has 0 radical (unpaired) electrons. The van der Waals surface area contributed by atoms with Crippen LogP contribution in [0, 0.1) is 12.7 Å². The van der Waals surface area contributed by atoms with Gasteiger partial charge in [0.25, 0.3) is 0 Å². The highest BCUT2D eigenvalue weighted by molar-refractivity contribution is 7.99. The number of benzene rings is 1. The summed E-state index contributed by atoms with van der Waals surface area (Å²) >= 11 is 1.54. The number of aliphatic carboxylic acids is 1. The van der Waals surface area contributed by atoms with Gasteiger partial charge < -0.3 is 5.11 Å². The van der Waals surface area contributed by atoms with Crippen LogP contribution in [0.4, 0.5) is 4.39 Å². The van der Waals surface area contributed by atoms with Crippen LogP contribution in [0.2, 0.25) is 0 Å². The fourth-order valence-corrected chi connectivity index (χ4v) is 3.06. The maximum Gasteiger partial charge on any atom is 0.321 e. The van der Waals surface area contributed by atoms with Crippen LogP contribution in [-0.2, 0) is 4.79 Å². The molecule has 2 rings (SSSR count). The fraction of sp³-hybridized carbons (Fsp3) is 0.364. The number of carboxylic acid groups (broad SMARTS) is 1. The molecule has 0 bridgehead atoms. The summed E-state index contributed by atoms with van der Waals surface area (Å²) in [4.78, 5) is 10.8. The highest BCUT2D eigenvalue weighted by atomic mass is 32.2. The van der Waals surface area contributed by atoms with Crippen molar-refractivity contribution in [2.24, 2.45) is 0 Å². The van der Waals surface area contributed by atoms with Crippen LogP contribution in [-0.4, -0.2) is 22.9 Å². The molecule has 0 amide bonds. The molecular weight excluding hydrogens is 229 g/mol. The Labute approximate surface area is 97.0 Å². The quantitative estimate of drug-likeness (QED) is 0.830. The van der Waals surface area contributed by atoms with Crippen molar-refractivity contribution >= 4 is 17.7 Å². The van der Waals surface area contributed by atoms with Gasteiger partial charge in [0.1, 0.15) is 11.9 Å². The average Bonchev–Trinajstić information content (AvgIpc) is 2.66. The lowest BCUT2D eigenvalue weighted by Crippen LogP contribution is -2.33. The van der Waals surface area contributed by atoms with Crippen LogP contribution in [0.3, 0.4) is 0 Å². The average molecular weight is 241 g/mol. The van der Waals surface area contributed by atoms with Gasteiger partial charge in [0.05, 0.1) is 5.37 Å². The molecule has 1 unspecified atom stereocenters. The second-order valence-electron chi connectivity index (χ2n) is 3.77. The SMILES string of the molecule is Cc1cc(F)ccc1C1N[C@@H](C(=O)O)CS1. The molecule has 1 heterocycles. The second kappa shape index (κ2) is 4.43. The molecule has 5 heteroatoms. The van der Waals surface area contributed by atoms with E-state index < -0.39 is 12.0 Å². The number of aryl methyl sites for hydroxylation is 1. The Morgan fingerprint density at radius 3 is 2.94 bits per heavy atom. The lowest BCUT2D eigenvalue weighted by atomic mass is 10.1. The molecule has 1 saturated heterocycles. The number of thioether (sulfide) groups is 1. The summed E-state index contributed by atoms with van der Waals surface area (Å²) in [5, 5.41) is 11.8. The van der Waals surface area contributed by atoms with Gasteiger partial charge in [-0.15, -0.1) is 11.8 Å². The van der Waals surface area contributed by atoms with E-state index in [2.05, 4.69) is 5.32 Å². The highest BCUT2D eigenvalue weighted by Crippen LogP contribution is 2.34. The predicted molar refractivity (Wildman–Crippen MR) is 60.9 cm³/mol. The molecule has 2 N–H and O–H groups in total. The smallest absolute Gasteiger partial charge is 0.321 e. The Kier molecular flexibility index (Phi) is 3.16. The molecule has 1 aromatic rings. The molecule has 16 heavy (non-hydrogen) atoms. The number of rotatable bonds is 2. The van der Waals surface area contributed by atoms with Gasteiger partial charge in [0.15, 0.2) is 0 Å². The first-order valence-corrected chi connectivity index (χ1v) is 5.99. The Bertz CT molecular complexity index is 424. The molecule has 0 spiro atoms. The zero-order valence-electron chi connectivity index (χ0n) is 8.74. The Morgan fingerprint density at radius 2 is 2.38 bits per heavy atom. The molecule has 3 nitrogen and oxygen atoms in total. The second-order valence-corrected chi connectivity index (χ2v) is 4.91. The molecule has 2 atom stereocenters. The van der Waals surface area contributed by atoms with Gasteiger partial charge in [-0.2, -0.15) is 0 Å². The maximum absolute atomic E-state index is 12.9. The summed E-state index contributed by atoms with van der Waals surface area (Å²) in [6.45, 7) is 1.83. The van der Waals surface area contributed by atoms with Crippen LogP contribution in [0.5, 0.6) is 0 Å². The Hall–Kier alpha value is -1.07. The number of halogens is 1. The van der Waals surface area contributed by atoms with Crippen molar-refractivity contribution in [3.8, 4) is 0 Å². The first-order chi connectivity index (χ1) is 7.58. The van der Waals surface area contributed by atoms with E-state index in [0.29, 0.717) is 5.75 Å². The maximum atomic E-state index is 12.9. The third-order valence-corrected chi connectivity index (χ3v) is 3.84. The Balaban J connectivity index is 2.17. The van der Waals surface area contributed by atoms with E-state index in [0.717, 1.165) is 11.1 Å². The standard InChI is InChI=1S/C11H12FNO2S/c1-6-4-7(12)2-3-8(6)10-13-9(5-16-10)11(14)15/h2-4,9-10,13H,5H2,1H3,(H,14,15)/t9-,10?/m1/s1. The largest absolute Gasteiger partial charge is 0.480 e. The molecule has 0 aliphatic carbocycles. The van der Waals surface area contributed by atoms with E-state index in [1.807, 2.05) is 6.92 Å². The lowest BCUT2D eigenvalue weighted by molar-refractivity contribution is -0.138. The zero-order valence-corrected chi connectivity index (χ0v) is 9.55. The predicted octanol–water partition coefficient (Wildman–Crippen LogP) is 1.92. The van der Waals surface area contributed by atoms with E-state index in [-0.39, 0.29) is 11.2 Å². The van der Waals surface area contributed by atoms with Crippen molar-refractivity contribution in [1.82, 2.24) is 5.32 Å². The third-order valence-electron chi connectivity index (χ3n) is 2.59. The van der Waals surface area contributed by atoms with Crippen LogP contribution in [0.25, 0.3) is 0 Å². The van der Waals surface area contributed by atoms with Crippen molar-refractivity contribution in [1.29, 1.82) is 0 Å². The summed E-state index contributed by atoms with van der Waals surface area (Å²) in [7, 11) is 0. The van der Waals surface area contributed by atoms with Gasteiger partial charge in [0, 0.05) is 5.75 Å². The van der Waals surface area contributed by atoms with Crippen LogP contribution >= 0.6 is 11.8 Å². The van der Waals surface area contributed by atoms with Crippen molar-refractivity contribution in [3.05, 3.63) is 35.1 Å². The number of carbonyl (C=O) groups is 1. The van der Waals surface area contributed by atoms with Gasteiger partial charge in [-0.25, -0.2) is 4.39 Å². The summed E-state index contributed by atoms with van der Waals surface area (Å²) in [5.41, 5.74) is 1.80. The number of hydrogen-bond acceptors (Lipinski definition) is 3. The van der Waals surface area contributed by atoms with Gasteiger partial charge in [-0.1, -0.05) is 6.07 Å². The van der Waals surface area contributed by atoms with Crippen molar-refractivity contribution < 1.29 is 14.3 Å². The van der Waals surface area contributed by atoms with Gasteiger partial charge >= 0.3 is 5.97 Å². The first kappa shape index (κ1) is 11.4. The van der Waals surface area contributed by atoms with E-state index in [4.69, 9.17) is 5.11 Å². The summed E-state index contributed by atoms with van der Waals surface area (Å²) in [6.07, 6.45) is 0. The van der Waals surface area contributed by atoms with Crippen LogP contribution < -0.4 is 5.32 Å². The molecule has 1 fully saturated rings. The van der Waals surface area contributed by atoms with Gasteiger partial charge in [-0.3, -0.25) is 10.1 Å². The third kappa shape index (κ3) is 2.20. The summed E-state index contributed by atoms with van der Waals surface area (Å²) in [6, 6.07) is 4.06. The minimum Gasteiger partial charge on any atom is -0.480 e. The summed E-state index contributed by atoms with van der Waals surface area (Å²) in [5.74, 6) is -0.564. The topological polar surface area (TPSA) is 49.3 Å². The number of nitrogens with one attached hydrogen (secondary N) is 1. The van der Waals surface area contributed by atoms with Crippen molar-refractivity contribution in [2.45, 2.75) is 18.3 Å².